The molecule has 94 valence electrons. The third kappa shape index (κ3) is 2.60. The minimum absolute atomic E-state index is 0.157. The highest BCUT2D eigenvalue weighted by Gasteiger charge is 2.24. The van der Waals surface area contributed by atoms with Crippen molar-refractivity contribution in [2.75, 3.05) is 25.0 Å². The number of piperidine rings is 1. The number of rotatable bonds is 2. The molecule has 0 saturated carbocycles. The number of hydrogen-bond acceptors (Lipinski definition) is 3. The molecule has 0 unspecified atom stereocenters. The molecular weight excluding hydrogens is 216 g/mol. The summed E-state index contributed by atoms with van der Waals surface area (Å²) in [4.78, 5) is 15.5. The first-order chi connectivity index (χ1) is 8.08. The van der Waals surface area contributed by atoms with E-state index in [0.29, 0.717) is 6.04 Å². The molecule has 5 heteroatoms. The fourth-order valence-electron chi connectivity index (χ4n) is 2.34. The Balaban J connectivity index is 1.92. The predicted octanol–water partition coefficient (Wildman–Crippen LogP) is 0.867. The van der Waals surface area contributed by atoms with E-state index in [1.54, 1.807) is 6.92 Å². The van der Waals surface area contributed by atoms with Gasteiger partial charge < -0.3 is 9.80 Å². The van der Waals surface area contributed by atoms with Crippen LogP contribution in [0.5, 0.6) is 0 Å². The largest absolute Gasteiger partial charge is 0.369 e. The highest BCUT2D eigenvalue weighted by atomic mass is 16.2. The van der Waals surface area contributed by atoms with Gasteiger partial charge in [-0.15, -0.1) is 0 Å². The first kappa shape index (κ1) is 12.0. The molecule has 0 radical (unpaired) electrons. The van der Waals surface area contributed by atoms with Gasteiger partial charge in [0, 0.05) is 46.3 Å². The summed E-state index contributed by atoms with van der Waals surface area (Å²) in [5.74, 6) is 0.157. The number of aryl methyl sites for hydroxylation is 1. The summed E-state index contributed by atoms with van der Waals surface area (Å²) < 4.78 is 1.82. The molecule has 0 spiro atoms. The van der Waals surface area contributed by atoms with Gasteiger partial charge in [-0.25, -0.2) is 0 Å². The number of nitrogens with zero attached hydrogens (tertiary/aromatic N) is 4. The SMILES string of the molecule is CC(=O)N(C)C1CCN(c2cnn(C)c2)CC1. The molecule has 17 heavy (non-hydrogen) atoms. The first-order valence-corrected chi connectivity index (χ1v) is 6.05. The molecule has 1 amide bonds. The summed E-state index contributed by atoms with van der Waals surface area (Å²) in [7, 11) is 3.83. The lowest BCUT2D eigenvalue weighted by Crippen LogP contribution is -2.44. The minimum atomic E-state index is 0.157. The van der Waals surface area contributed by atoms with Crippen molar-refractivity contribution in [3.63, 3.8) is 0 Å². The fourth-order valence-corrected chi connectivity index (χ4v) is 2.34. The van der Waals surface area contributed by atoms with Gasteiger partial charge in [-0.3, -0.25) is 9.48 Å². The topological polar surface area (TPSA) is 41.4 Å². The molecular formula is C12H20N4O. The maximum Gasteiger partial charge on any atom is 0.219 e. The van der Waals surface area contributed by atoms with Crippen LogP contribution < -0.4 is 4.90 Å². The maximum atomic E-state index is 11.3. The second-order valence-corrected chi connectivity index (χ2v) is 4.72. The molecule has 0 N–H and O–H groups in total. The maximum absolute atomic E-state index is 11.3. The lowest BCUT2D eigenvalue weighted by atomic mass is 10.0. The molecule has 1 aromatic heterocycles. The van der Waals surface area contributed by atoms with Gasteiger partial charge in [0.05, 0.1) is 11.9 Å². The standard InChI is InChI=1S/C12H20N4O/c1-10(17)15(3)11-4-6-16(7-5-11)12-8-13-14(2)9-12/h8-9,11H,4-7H2,1-3H3. The van der Waals surface area contributed by atoms with Crippen LogP contribution in [0, 0.1) is 0 Å². The van der Waals surface area contributed by atoms with Gasteiger partial charge in [0.25, 0.3) is 0 Å². The molecule has 0 bridgehead atoms. The van der Waals surface area contributed by atoms with Crippen LogP contribution in [0.3, 0.4) is 0 Å². The predicted molar refractivity (Wildman–Crippen MR) is 66.9 cm³/mol. The number of carbonyl (C=O) groups is 1. The molecule has 5 nitrogen and oxygen atoms in total. The number of amides is 1. The molecule has 2 heterocycles. The molecule has 1 aromatic rings. The summed E-state index contributed by atoms with van der Waals surface area (Å²) in [6.45, 7) is 3.62. The van der Waals surface area contributed by atoms with E-state index in [9.17, 15) is 4.79 Å². The third-order valence-electron chi connectivity index (χ3n) is 3.57. The van der Waals surface area contributed by atoms with E-state index in [0.717, 1.165) is 25.9 Å². The number of carbonyl (C=O) groups excluding carboxylic acids is 1. The first-order valence-electron chi connectivity index (χ1n) is 6.05. The van der Waals surface area contributed by atoms with Crippen LogP contribution in [-0.4, -0.2) is 46.8 Å². The van der Waals surface area contributed by atoms with Crippen LogP contribution in [-0.2, 0) is 11.8 Å². The zero-order valence-electron chi connectivity index (χ0n) is 10.8. The second-order valence-electron chi connectivity index (χ2n) is 4.72. The smallest absolute Gasteiger partial charge is 0.219 e. The Labute approximate surface area is 102 Å². The molecule has 1 aliphatic rings. The van der Waals surface area contributed by atoms with E-state index in [-0.39, 0.29) is 5.91 Å². The van der Waals surface area contributed by atoms with Crippen LogP contribution in [0.4, 0.5) is 5.69 Å². The van der Waals surface area contributed by atoms with Crippen molar-refractivity contribution in [2.45, 2.75) is 25.8 Å². The zero-order chi connectivity index (χ0) is 12.4. The van der Waals surface area contributed by atoms with Crippen molar-refractivity contribution < 1.29 is 4.79 Å². The van der Waals surface area contributed by atoms with Crippen LogP contribution in [0.2, 0.25) is 0 Å². The van der Waals surface area contributed by atoms with Gasteiger partial charge in [-0.1, -0.05) is 0 Å². The van der Waals surface area contributed by atoms with Crippen molar-refractivity contribution in [2.24, 2.45) is 7.05 Å². The summed E-state index contributed by atoms with van der Waals surface area (Å²) in [6, 6.07) is 0.389. The fraction of sp³-hybridized carbons (Fsp3) is 0.667. The normalized spacial score (nSPS) is 17.2. The van der Waals surface area contributed by atoms with Crippen LogP contribution in [0.15, 0.2) is 12.4 Å². The van der Waals surface area contributed by atoms with Crippen molar-refractivity contribution in [3.05, 3.63) is 12.4 Å². The van der Waals surface area contributed by atoms with Gasteiger partial charge in [-0.2, -0.15) is 5.10 Å². The van der Waals surface area contributed by atoms with E-state index in [2.05, 4.69) is 10.00 Å². The Bertz CT molecular complexity index is 393. The van der Waals surface area contributed by atoms with Crippen molar-refractivity contribution in [1.29, 1.82) is 0 Å². The minimum Gasteiger partial charge on any atom is -0.369 e. The van der Waals surface area contributed by atoms with Gasteiger partial charge in [0.15, 0.2) is 0 Å². The lowest BCUT2D eigenvalue weighted by molar-refractivity contribution is -0.129. The van der Waals surface area contributed by atoms with E-state index in [1.807, 2.05) is 36.1 Å². The number of anilines is 1. The quantitative estimate of drug-likeness (QED) is 0.765. The molecule has 0 aliphatic carbocycles. The Morgan fingerprint density at radius 1 is 1.47 bits per heavy atom. The van der Waals surface area contributed by atoms with Gasteiger partial charge in [0.1, 0.15) is 0 Å². The van der Waals surface area contributed by atoms with Crippen LogP contribution >= 0.6 is 0 Å². The average Bonchev–Trinajstić information content (AvgIpc) is 2.75. The highest BCUT2D eigenvalue weighted by molar-refractivity contribution is 5.73. The number of aromatic nitrogens is 2. The Hall–Kier alpha value is -1.52. The Kier molecular flexibility index (Phi) is 3.36. The summed E-state index contributed by atoms with van der Waals surface area (Å²) >= 11 is 0. The highest BCUT2D eigenvalue weighted by Crippen LogP contribution is 2.21. The van der Waals surface area contributed by atoms with Crippen molar-refractivity contribution in [1.82, 2.24) is 14.7 Å². The number of hydrogen-bond donors (Lipinski definition) is 0. The van der Waals surface area contributed by atoms with Crippen molar-refractivity contribution in [3.8, 4) is 0 Å². The monoisotopic (exact) mass is 236 g/mol. The van der Waals surface area contributed by atoms with Crippen molar-refractivity contribution >= 4 is 11.6 Å². The van der Waals surface area contributed by atoms with Crippen LogP contribution in [0.1, 0.15) is 19.8 Å². The zero-order valence-corrected chi connectivity index (χ0v) is 10.8. The molecule has 0 aromatic carbocycles. The average molecular weight is 236 g/mol. The van der Waals surface area contributed by atoms with Gasteiger partial charge in [-0.05, 0) is 12.8 Å². The summed E-state index contributed by atoms with van der Waals surface area (Å²) in [5.41, 5.74) is 1.18. The summed E-state index contributed by atoms with van der Waals surface area (Å²) in [6.07, 6.45) is 6.00. The third-order valence-corrected chi connectivity index (χ3v) is 3.57. The van der Waals surface area contributed by atoms with E-state index in [4.69, 9.17) is 0 Å². The van der Waals surface area contributed by atoms with E-state index < -0.39 is 0 Å². The molecule has 1 aliphatic heterocycles. The molecule has 2 rings (SSSR count). The van der Waals surface area contributed by atoms with Crippen LogP contribution in [0.25, 0.3) is 0 Å². The Morgan fingerprint density at radius 3 is 2.59 bits per heavy atom. The van der Waals surface area contributed by atoms with Gasteiger partial charge >= 0.3 is 0 Å². The molecule has 1 saturated heterocycles. The Morgan fingerprint density at radius 2 is 2.12 bits per heavy atom. The molecule has 1 fully saturated rings. The lowest BCUT2D eigenvalue weighted by Gasteiger charge is -2.36. The van der Waals surface area contributed by atoms with E-state index >= 15 is 0 Å². The molecule has 0 atom stereocenters. The second kappa shape index (κ2) is 4.77. The van der Waals surface area contributed by atoms with E-state index in [1.165, 1.54) is 5.69 Å². The van der Waals surface area contributed by atoms with Gasteiger partial charge in [0.2, 0.25) is 5.91 Å². The summed E-state index contributed by atoms with van der Waals surface area (Å²) in [5, 5.41) is 4.18.